The molecule has 1 aromatic heterocycles. The third-order valence-corrected chi connectivity index (χ3v) is 5.14. The van der Waals surface area contributed by atoms with Crippen molar-refractivity contribution in [3.63, 3.8) is 0 Å². The Kier molecular flexibility index (Phi) is 5.31. The minimum atomic E-state index is -0.814. The van der Waals surface area contributed by atoms with E-state index in [1.807, 2.05) is 18.2 Å². The number of benzene rings is 2. The molecule has 8 heteroatoms. The number of nitrogens with zero attached hydrogens (tertiary/aromatic N) is 3. The number of aromatic nitrogens is 2. The number of nitrogens with one attached hydrogen (secondary N) is 1. The Morgan fingerprint density at radius 3 is 2.67 bits per heavy atom. The van der Waals surface area contributed by atoms with Crippen LogP contribution in [-0.4, -0.2) is 39.6 Å². The molecule has 0 aliphatic carbocycles. The summed E-state index contributed by atoms with van der Waals surface area (Å²) in [4.78, 5) is 27.0. The van der Waals surface area contributed by atoms with Crippen LogP contribution in [-0.2, 0) is 24.8 Å². The zero-order valence-electron chi connectivity index (χ0n) is 16.4. The molecule has 1 aliphatic rings. The van der Waals surface area contributed by atoms with E-state index in [4.69, 9.17) is 0 Å². The predicted molar refractivity (Wildman–Crippen MR) is 106 cm³/mol. The number of carbonyl (C=O) groups is 2. The molecule has 0 atom stereocenters. The molecule has 0 saturated heterocycles. The van der Waals surface area contributed by atoms with Crippen LogP contribution >= 0.6 is 0 Å². The van der Waals surface area contributed by atoms with Gasteiger partial charge in [0.15, 0.2) is 0 Å². The molecule has 2 heterocycles. The van der Waals surface area contributed by atoms with Crippen LogP contribution in [0.1, 0.15) is 21.5 Å². The standard InChI is InChI=1S/C22H20F2N4O2/c1-27-13-18(21(26-27)17-7-6-16(23)10-19(17)24)22(30)25-11-20(29)28-9-8-14-4-2-3-5-15(14)12-28/h2-7,10,13H,8-9,11-12H2,1H3,(H,25,30). The van der Waals surface area contributed by atoms with Crippen LogP contribution in [0.3, 0.4) is 0 Å². The summed E-state index contributed by atoms with van der Waals surface area (Å²) in [5.41, 5.74) is 2.55. The first kappa shape index (κ1) is 19.8. The molecule has 154 valence electrons. The Bertz CT molecular complexity index is 1130. The monoisotopic (exact) mass is 410 g/mol. The second-order valence-electron chi connectivity index (χ2n) is 7.21. The second-order valence-corrected chi connectivity index (χ2v) is 7.21. The van der Waals surface area contributed by atoms with Crippen LogP contribution < -0.4 is 5.32 Å². The maximum Gasteiger partial charge on any atom is 0.255 e. The molecule has 1 N–H and O–H groups in total. The molecule has 6 nitrogen and oxygen atoms in total. The topological polar surface area (TPSA) is 67.2 Å². The Morgan fingerprint density at radius 1 is 1.13 bits per heavy atom. The predicted octanol–water partition coefficient (Wildman–Crippen LogP) is 2.68. The minimum absolute atomic E-state index is 0.0149. The number of aryl methyl sites for hydroxylation is 1. The van der Waals surface area contributed by atoms with E-state index in [9.17, 15) is 18.4 Å². The van der Waals surface area contributed by atoms with E-state index in [1.165, 1.54) is 22.5 Å². The zero-order valence-corrected chi connectivity index (χ0v) is 16.4. The second kappa shape index (κ2) is 8.06. The van der Waals surface area contributed by atoms with Crippen molar-refractivity contribution in [1.82, 2.24) is 20.0 Å². The lowest BCUT2D eigenvalue weighted by atomic mass is 10.00. The van der Waals surface area contributed by atoms with Gasteiger partial charge in [-0.1, -0.05) is 24.3 Å². The molecular formula is C22H20F2N4O2. The molecule has 30 heavy (non-hydrogen) atoms. The van der Waals surface area contributed by atoms with Crippen molar-refractivity contribution in [2.24, 2.45) is 7.05 Å². The van der Waals surface area contributed by atoms with Gasteiger partial charge in [-0.3, -0.25) is 14.3 Å². The Hall–Kier alpha value is -3.55. The SMILES string of the molecule is Cn1cc(C(=O)NCC(=O)N2CCc3ccccc3C2)c(-c2ccc(F)cc2F)n1. The molecule has 1 aliphatic heterocycles. The van der Waals surface area contributed by atoms with Gasteiger partial charge in [0.25, 0.3) is 5.91 Å². The molecule has 4 rings (SSSR count). The summed E-state index contributed by atoms with van der Waals surface area (Å²) in [6.07, 6.45) is 2.21. The van der Waals surface area contributed by atoms with Crippen molar-refractivity contribution in [2.75, 3.05) is 13.1 Å². The highest BCUT2D eigenvalue weighted by Gasteiger charge is 2.23. The summed E-state index contributed by atoms with van der Waals surface area (Å²) in [5, 5.41) is 6.73. The third-order valence-electron chi connectivity index (χ3n) is 5.14. The number of carbonyl (C=O) groups excluding carboxylic acids is 2. The van der Waals surface area contributed by atoms with Gasteiger partial charge in [-0.2, -0.15) is 5.10 Å². The average Bonchev–Trinajstić information content (AvgIpc) is 3.12. The number of amides is 2. The molecule has 0 unspecified atom stereocenters. The molecule has 0 bridgehead atoms. The summed E-state index contributed by atoms with van der Waals surface area (Å²) < 4.78 is 28.8. The van der Waals surface area contributed by atoms with Gasteiger partial charge in [0.2, 0.25) is 5.91 Å². The lowest BCUT2D eigenvalue weighted by Gasteiger charge is -2.29. The summed E-state index contributed by atoms with van der Waals surface area (Å²) >= 11 is 0. The van der Waals surface area contributed by atoms with Crippen molar-refractivity contribution in [2.45, 2.75) is 13.0 Å². The van der Waals surface area contributed by atoms with Crippen molar-refractivity contribution >= 4 is 11.8 Å². The average molecular weight is 410 g/mol. The van der Waals surface area contributed by atoms with E-state index in [2.05, 4.69) is 16.5 Å². The van der Waals surface area contributed by atoms with Crippen LogP contribution in [0.4, 0.5) is 8.78 Å². The van der Waals surface area contributed by atoms with Crippen LogP contribution in [0.5, 0.6) is 0 Å². The van der Waals surface area contributed by atoms with E-state index in [0.29, 0.717) is 13.1 Å². The Morgan fingerprint density at radius 2 is 1.90 bits per heavy atom. The molecule has 2 aromatic carbocycles. The van der Waals surface area contributed by atoms with E-state index in [0.717, 1.165) is 24.1 Å². The number of halogens is 2. The van der Waals surface area contributed by atoms with E-state index < -0.39 is 17.5 Å². The highest BCUT2D eigenvalue weighted by molar-refractivity contribution is 6.01. The number of fused-ring (bicyclic) bond motifs is 1. The lowest BCUT2D eigenvalue weighted by molar-refractivity contribution is -0.131. The Balaban J connectivity index is 1.46. The largest absolute Gasteiger partial charge is 0.343 e. The Labute approximate surface area is 172 Å². The normalized spacial score (nSPS) is 13.1. The first-order valence-corrected chi connectivity index (χ1v) is 9.54. The summed E-state index contributed by atoms with van der Waals surface area (Å²) in [5.74, 6) is -2.28. The fourth-order valence-corrected chi connectivity index (χ4v) is 3.61. The van der Waals surface area contributed by atoms with Gasteiger partial charge in [0.1, 0.15) is 17.3 Å². The maximum absolute atomic E-state index is 14.2. The van der Waals surface area contributed by atoms with Crippen LogP contribution in [0.25, 0.3) is 11.3 Å². The molecule has 0 fully saturated rings. The van der Waals surface area contributed by atoms with E-state index >= 15 is 0 Å². The van der Waals surface area contributed by atoms with Crippen molar-refractivity contribution in [3.05, 3.63) is 77.0 Å². The summed E-state index contributed by atoms with van der Waals surface area (Å²) in [7, 11) is 1.60. The van der Waals surface area contributed by atoms with Crippen molar-refractivity contribution < 1.29 is 18.4 Å². The quantitative estimate of drug-likeness (QED) is 0.719. The fraction of sp³-hybridized carbons (Fsp3) is 0.227. The summed E-state index contributed by atoms with van der Waals surface area (Å²) in [6, 6.07) is 11.0. The number of rotatable bonds is 4. The molecule has 0 radical (unpaired) electrons. The van der Waals surface area contributed by atoms with Gasteiger partial charge < -0.3 is 10.2 Å². The van der Waals surface area contributed by atoms with Crippen LogP contribution in [0, 0.1) is 11.6 Å². The number of hydrogen-bond acceptors (Lipinski definition) is 3. The first-order chi connectivity index (χ1) is 14.4. The van der Waals surface area contributed by atoms with E-state index in [1.54, 1.807) is 11.9 Å². The smallest absolute Gasteiger partial charge is 0.255 e. The lowest BCUT2D eigenvalue weighted by Crippen LogP contribution is -2.42. The molecule has 3 aromatic rings. The minimum Gasteiger partial charge on any atom is -0.343 e. The first-order valence-electron chi connectivity index (χ1n) is 9.54. The van der Waals surface area contributed by atoms with Gasteiger partial charge in [0, 0.05) is 38.0 Å². The third kappa shape index (κ3) is 3.94. The molecule has 0 saturated carbocycles. The molecular weight excluding hydrogens is 390 g/mol. The highest BCUT2D eigenvalue weighted by Crippen LogP contribution is 2.25. The van der Waals surface area contributed by atoms with Gasteiger partial charge in [-0.05, 0) is 29.7 Å². The van der Waals surface area contributed by atoms with Gasteiger partial charge in [-0.25, -0.2) is 8.78 Å². The van der Waals surface area contributed by atoms with Gasteiger partial charge in [0.05, 0.1) is 12.1 Å². The van der Waals surface area contributed by atoms with E-state index in [-0.39, 0.29) is 29.3 Å². The maximum atomic E-state index is 14.2. The number of hydrogen-bond donors (Lipinski definition) is 1. The molecule has 2 amide bonds. The van der Waals surface area contributed by atoms with Gasteiger partial charge >= 0.3 is 0 Å². The molecule has 0 spiro atoms. The van der Waals surface area contributed by atoms with Crippen molar-refractivity contribution in [1.29, 1.82) is 0 Å². The highest BCUT2D eigenvalue weighted by atomic mass is 19.1. The van der Waals surface area contributed by atoms with Crippen LogP contribution in [0.2, 0.25) is 0 Å². The zero-order chi connectivity index (χ0) is 21.3. The van der Waals surface area contributed by atoms with Gasteiger partial charge in [-0.15, -0.1) is 0 Å². The fourth-order valence-electron chi connectivity index (χ4n) is 3.61. The summed E-state index contributed by atoms with van der Waals surface area (Å²) in [6.45, 7) is 0.912. The van der Waals surface area contributed by atoms with Crippen molar-refractivity contribution in [3.8, 4) is 11.3 Å². The van der Waals surface area contributed by atoms with Crippen LogP contribution in [0.15, 0.2) is 48.7 Å².